The molecule has 1 rings (SSSR count). The lowest BCUT2D eigenvalue weighted by Crippen LogP contribution is -2.40. The summed E-state index contributed by atoms with van der Waals surface area (Å²) in [4.78, 5) is 12.0. The highest BCUT2D eigenvalue weighted by Crippen LogP contribution is 2.29. The summed E-state index contributed by atoms with van der Waals surface area (Å²) in [5.41, 5.74) is 7.82. The molecule has 0 aliphatic rings. The lowest BCUT2D eigenvalue weighted by Gasteiger charge is -2.24. The maximum Gasteiger partial charge on any atom is 0.241 e. The minimum absolute atomic E-state index is 0.00814. The molecule has 0 spiro atoms. The number of carbonyl (C=O) groups is 1. The molecule has 1 aromatic rings. The Morgan fingerprint density at radius 2 is 1.78 bits per heavy atom. The van der Waals surface area contributed by atoms with E-state index in [2.05, 4.69) is 26.1 Å². The van der Waals surface area contributed by atoms with Gasteiger partial charge in [0.25, 0.3) is 0 Å². The molecule has 3 nitrogen and oxygen atoms in total. The van der Waals surface area contributed by atoms with E-state index in [0.29, 0.717) is 0 Å². The Labute approximate surface area is 110 Å². The monoisotopic (exact) mass is 248 g/mol. The normalized spacial score (nSPS) is 13.5. The predicted molar refractivity (Wildman–Crippen MR) is 76.6 cm³/mol. The van der Waals surface area contributed by atoms with E-state index < -0.39 is 6.04 Å². The van der Waals surface area contributed by atoms with Crippen LogP contribution in [0, 0.1) is 5.92 Å². The largest absolute Gasteiger partial charge is 0.324 e. The van der Waals surface area contributed by atoms with Crippen molar-refractivity contribution < 1.29 is 4.79 Å². The molecule has 0 aliphatic carbocycles. The number of hydrogen-bond donors (Lipinski definition) is 2. The molecule has 0 aromatic heterocycles. The van der Waals surface area contributed by atoms with Crippen molar-refractivity contribution in [3.8, 4) is 0 Å². The maximum atomic E-state index is 12.0. The van der Waals surface area contributed by atoms with E-state index in [1.54, 1.807) is 0 Å². The molecule has 1 unspecified atom stereocenters. The van der Waals surface area contributed by atoms with Gasteiger partial charge in [0.05, 0.1) is 6.04 Å². The Hall–Kier alpha value is -1.35. The van der Waals surface area contributed by atoms with Crippen molar-refractivity contribution in [1.82, 2.24) is 0 Å². The predicted octanol–water partition coefficient (Wildman–Crippen LogP) is 2.91. The summed E-state index contributed by atoms with van der Waals surface area (Å²) in [6.07, 6.45) is 0. The van der Waals surface area contributed by atoms with Crippen LogP contribution in [0.15, 0.2) is 24.3 Å². The van der Waals surface area contributed by atoms with Gasteiger partial charge in [0.1, 0.15) is 0 Å². The molecule has 0 saturated heterocycles. The van der Waals surface area contributed by atoms with Crippen molar-refractivity contribution in [2.45, 2.75) is 46.1 Å². The van der Waals surface area contributed by atoms with Gasteiger partial charge in [-0.3, -0.25) is 4.79 Å². The molecule has 100 valence electrons. The third-order valence-corrected chi connectivity index (χ3v) is 3.01. The average molecular weight is 248 g/mol. The number of rotatable bonds is 3. The van der Waals surface area contributed by atoms with E-state index in [-0.39, 0.29) is 17.2 Å². The molecule has 3 N–H and O–H groups in total. The third kappa shape index (κ3) is 3.57. The topological polar surface area (TPSA) is 55.1 Å². The summed E-state index contributed by atoms with van der Waals surface area (Å²) < 4.78 is 0. The van der Waals surface area contributed by atoms with Gasteiger partial charge in [0.2, 0.25) is 5.91 Å². The van der Waals surface area contributed by atoms with Gasteiger partial charge >= 0.3 is 0 Å². The molecule has 0 saturated carbocycles. The maximum absolute atomic E-state index is 12.0. The number of hydrogen-bond acceptors (Lipinski definition) is 2. The van der Waals surface area contributed by atoms with Gasteiger partial charge in [-0.2, -0.15) is 0 Å². The smallest absolute Gasteiger partial charge is 0.241 e. The van der Waals surface area contributed by atoms with E-state index in [4.69, 9.17) is 5.73 Å². The summed E-state index contributed by atoms with van der Waals surface area (Å²) in [6.45, 7) is 10.3. The number of amides is 1. The van der Waals surface area contributed by atoms with Crippen molar-refractivity contribution in [1.29, 1.82) is 0 Å². The SMILES string of the molecule is CC(C)C(N)C(=O)Nc1ccccc1C(C)(C)C. The van der Waals surface area contributed by atoms with Crippen LogP contribution < -0.4 is 11.1 Å². The first-order valence-corrected chi connectivity index (χ1v) is 6.39. The van der Waals surface area contributed by atoms with Crippen LogP contribution in [-0.2, 0) is 10.2 Å². The third-order valence-electron chi connectivity index (χ3n) is 3.01. The van der Waals surface area contributed by atoms with Gasteiger partial charge in [-0.1, -0.05) is 52.8 Å². The van der Waals surface area contributed by atoms with Crippen molar-refractivity contribution in [2.24, 2.45) is 11.7 Å². The second kappa shape index (κ2) is 5.53. The van der Waals surface area contributed by atoms with E-state index in [1.165, 1.54) is 0 Å². The number of benzene rings is 1. The van der Waals surface area contributed by atoms with E-state index >= 15 is 0 Å². The fraction of sp³-hybridized carbons (Fsp3) is 0.533. The van der Waals surface area contributed by atoms with Crippen LogP contribution in [0.1, 0.15) is 40.2 Å². The van der Waals surface area contributed by atoms with Gasteiger partial charge in [-0.15, -0.1) is 0 Å². The van der Waals surface area contributed by atoms with E-state index in [1.807, 2.05) is 38.1 Å². The number of nitrogens with one attached hydrogen (secondary N) is 1. The van der Waals surface area contributed by atoms with E-state index in [9.17, 15) is 4.79 Å². The molecule has 3 heteroatoms. The summed E-state index contributed by atoms with van der Waals surface area (Å²) in [7, 11) is 0. The second-order valence-corrected chi connectivity index (χ2v) is 6.05. The van der Waals surface area contributed by atoms with Gasteiger partial charge < -0.3 is 11.1 Å². The minimum atomic E-state index is -0.474. The first-order valence-electron chi connectivity index (χ1n) is 6.39. The Kier molecular flexibility index (Phi) is 4.52. The van der Waals surface area contributed by atoms with E-state index in [0.717, 1.165) is 11.3 Å². The van der Waals surface area contributed by atoms with Crippen LogP contribution in [0.2, 0.25) is 0 Å². The lowest BCUT2D eigenvalue weighted by molar-refractivity contribution is -0.118. The number of para-hydroxylation sites is 1. The first kappa shape index (κ1) is 14.7. The quantitative estimate of drug-likeness (QED) is 0.864. The summed E-state index contributed by atoms with van der Waals surface area (Å²) in [5, 5.41) is 2.93. The minimum Gasteiger partial charge on any atom is -0.324 e. The molecule has 1 amide bonds. The highest BCUT2D eigenvalue weighted by molar-refractivity contribution is 5.95. The Balaban J connectivity index is 2.95. The zero-order valence-electron chi connectivity index (χ0n) is 11.9. The van der Waals surface area contributed by atoms with Crippen molar-refractivity contribution in [3.05, 3.63) is 29.8 Å². The summed E-state index contributed by atoms with van der Waals surface area (Å²) in [5.74, 6) is 0.00787. The zero-order valence-corrected chi connectivity index (χ0v) is 11.9. The molecule has 1 aromatic carbocycles. The van der Waals surface area contributed by atoms with Crippen LogP contribution in [0.5, 0.6) is 0 Å². The second-order valence-electron chi connectivity index (χ2n) is 6.05. The van der Waals surface area contributed by atoms with Gasteiger partial charge in [0.15, 0.2) is 0 Å². The fourth-order valence-corrected chi connectivity index (χ4v) is 1.76. The number of anilines is 1. The van der Waals surface area contributed by atoms with Crippen LogP contribution in [0.3, 0.4) is 0 Å². The molecular weight excluding hydrogens is 224 g/mol. The summed E-state index contributed by atoms with van der Waals surface area (Å²) >= 11 is 0. The molecule has 0 radical (unpaired) electrons. The number of nitrogens with two attached hydrogens (primary N) is 1. The van der Waals surface area contributed by atoms with Crippen LogP contribution in [-0.4, -0.2) is 11.9 Å². The molecule has 0 fully saturated rings. The first-order chi connectivity index (χ1) is 8.23. The lowest BCUT2D eigenvalue weighted by atomic mass is 9.85. The fourth-order valence-electron chi connectivity index (χ4n) is 1.76. The average Bonchev–Trinajstić information content (AvgIpc) is 2.27. The molecule has 0 aliphatic heterocycles. The van der Waals surface area contributed by atoms with Gasteiger partial charge in [-0.25, -0.2) is 0 Å². The standard InChI is InChI=1S/C15H24N2O/c1-10(2)13(16)14(18)17-12-9-7-6-8-11(12)15(3,4)5/h6-10,13H,16H2,1-5H3,(H,17,18). The Bertz CT molecular complexity index is 419. The zero-order chi connectivity index (χ0) is 13.9. The Morgan fingerprint density at radius 3 is 2.28 bits per heavy atom. The molecule has 1 atom stereocenters. The van der Waals surface area contributed by atoms with Crippen LogP contribution in [0.25, 0.3) is 0 Å². The highest BCUT2D eigenvalue weighted by atomic mass is 16.2. The van der Waals surface area contributed by atoms with Crippen molar-refractivity contribution in [3.63, 3.8) is 0 Å². The van der Waals surface area contributed by atoms with Crippen molar-refractivity contribution in [2.75, 3.05) is 5.32 Å². The molecular formula is C15H24N2O. The highest BCUT2D eigenvalue weighted by Gasteiger charge is 2.21. The molecule has 18 heavy (non-hydrogen) atoms. The van der Waals surface area contributed by atoms with Crippen LogP contribution in [0.4, 0.5) is 5.69 Å². The number of carbonyl (C=O) groups excluding carboxylic acids is 1. The van der Waals surface area contributed by atoms with Crippen LogP contribution >= 0.6 is 0 Å². The molecule has 0 bridgehead atoms. The summed E-state index contributed by atoms with van der Waals surface area (Å²) in [6, 6.07) is 7.39. The van der Waals surface area contributed by atoms with Gasteiger partial charge in [-0.05, 0) is 23.0 Å². The molecule has 0 heterocycles. The van der Waals surface area contributed by atoms with Crippen molar-refractivity contribution >= 4 is 11.6 Å². The Morgan fingerprint density at radius 1 is 1.22 bits per heavy atom. The van der Waals surface area contributed by atoms with Gasteiger partial charge in [0, 0.05) is 5.69 Å².